The van der Waals surface area contributed by atoms with Gasteiger partial charge in [0.15, 0.2) is 0 Å². The van der Waals surface area contributed by atoms with Crippen LogP contribution in [0.1, 0.15) is 21.5 Å². The average Bonchev–Trinajstić information content (AvgIpc) is 3.31. The van der Waals surface area contributed by atoms with Gasteiger partial charge in [-0.05, 0) is 55.1 Å². The number of hydrogen-bond donors (Lipinski definition) is 3. The number of hydrogen-bond acceptors (Lipinski definition) is 6. The molecule has 2 heterocycles. The van der Waals surface area contributed by atoms with Crippen molar-refractivity contribution in [2.24, 2.45) is 0 Å². The van der Waals surface area contributed by atoms with Gasteiger partial charge < -0.3 is 25.8 Å². The minimum atomic E-state index is -0.249. The van der Waals surface area contributed by atoms with Crippen molar-refractivity contribution in [2.45, 2.75) is 0 Å². The van der Waals surface area contributed by atoms with Crippen LogP contribution in [-0.4, -0.2) is 81.4 Å². The summed E-state index contributed by atoms with van der Waals surface area (Å²) in [5, 5.41) is 9.00. The molecule has 40 heavy (non-hydrogen) atoms. The SMILES string of the molecule is CNC(=O)c1ccc2c(c1)C(=C(Nc1ccc(N(C)C(=O)CN3CCN(C)CC3)cc1)c1ccccc1)C(=O)N2. The van der Waals surface area contributed by atoms with Crippen molar-refractivity contribution in [1.29, 1.82) is 0 Å². The smallest absolute Gasteiger partial charge is 0.258 e. The van der Waals surface area contributed by atoms with E-state index < -0.39 is 0 Å². The molecule has 0 unspecified atom stereocenters. The number of carbonyl (C=O) groups excluding carboxylic acids is 3. The number of likely N-dealkylation sites (N-methyl/N-ethyl adjacent to an activating group) is 2. The van der Waals surface area contributed by atoms with E-state index in [1.165, 1.54) is 0 Å². The number of benzene rings is 3. The van der Waals surface area contributed by atoms with Crippen LogP contribution < -0.4 is 20.9 Å². The molecule has 0 saturated carbocycles. The number of anilines is 3. The third kappa shape index (κ3) is 5.75. The van der Waals surface area contributed by atoms with Gasteiger partial charge in [-0.25, -0.2) is 0 Å². The van der Waals surface area contributed by atoms with E-state index >= 15 is 0 Å². The van der Waals surface area contributed by atoms with Crippen LogP contribution in [-0.2, 0) is 9.59 Å². The van der Waals surface area contributed by atoms with Gasteiger partial charge in [0, 0.05) is 68.5 Å². The van der Waals surface area contributed by atoms with Gasteiger partial charge in [-0.1, -0.05) is 30.3 Å². The van der Waals surface area contributed by atoms with Gasteiger partial charge in [-0.15, -0.1) is 0 Å². The molecule has 1 fully saturated rings. The van der Waals surface area contributed by atoms with Crippen molar-refractivity contribution < 1.29 is 14.4 Å². The van der Waals surface area contributed by atoms with Crippen LogP contribution in [0.15, 0.2) is 72.8 Å². The Labute approximate surface area is 234 Å². The van der Waals surface area contributed by atoms with E-state index in [1.807, 2.05) is 54.6 Å². The van der Waals surface area contributed by atoms with Crippen LogP contribution in [0.4, 0.5) is 17.1 Å². The largest absolute Gasteiger partial charge is 0.355 e. The number of amides is 3. The van der Waals surface area contributed by atoms with E-state index in [1.54, 1.807) is 37.2 Å². The molecule has 2 aliphatic rings. The minimum Gasteiger partial charge on any atom is -0.355 e. The van der Waals surface area contributed by atoms with E-state index in [0.29, 0.717) is 34.6 Å². The summed E-state index contributed by atoms with van der Waals surface area (Å²) in [5.74, 6) is -0.428. The van der Waals surface area contributed by atoms with Crippen LogP contribution in [0.25, 0.3) is 11.3 Å². The van der Waals surface area contributed by atoms with Gasteiger partial charge in [0.2, 0.25) is 5.91 Å². The molecule has 3 N–H and O–H groups in total. The number of rotatable bonds is 7. The molecule has 9 heteroatoms. The molecule has 0 atom stereocenters. The maximum Gasteiger partial charge on any atom is 0.258 e. The molecule has 0 aliphatic carbocycles. The van der Waals surface area contributed by atoms with Gasteiger partial charge in [-0.3, -0.25) is 19.3 Å². The third-order valence-corrected chi connectivity index (χ3v) is 7.42. The second kappa shape index (κ2) is 11.7. The minimum absolute atomic E-state index is 0.0449. The molecule has 1 saturated heterocycles. The zero-order valence-electron chi connectivity index (χ0n) is 23.0. The van der Waals surface area contributed by atoms with Crippen LogP contribution in [0.5, 0.6) is 0 Å². The molecule has 3 aromatic rings. The molecular weight excluding hydrogens is 504 g/mol. The quantitative estimate of drug-likeness (QED) is 0.400. The van der Waals surface area contributed by atoms with E-state index in [-0.39, 0.29) is 17.7 Å². The Hall–Kier alpha value is -4.47. The third-order valence-electron chi connectivity index (χ3n) is 7.42. The summed E-state index contributed by atoms with van der Waals surface area (Å²) in [6, 6.07) is 22.4. The summed E-state index contributed by atoms with van der Waals surface area (Å²) in [4.78, 5) is 44.6. The van der Waals surface area contributed by atoms with Gasteiger partial charge >= 0.3 is 0 Å². The Morgan fingerprint density at radius 1 is 0.925 bits per heavy atom. The number of fused-ring (bicyclic) bond motifs is 1. The van der Waals surface area contributed by atoms with Gasteiger partial charge in [0.25, 0.3) is 11.8 Å². The lowest BCUT2D eigenvalue weighted by Gasteiger charge is -2.32. The highest BCUT2D eigenvalue weighted by molar-refractivity contribution is 6.37. The molecule has 5 rings (SSSR count). The summed E-state index contributed by atoms with van der Waals surface area (Å²) in [5.41, 5.74) is 5.23. The predicted molar refractivity (Wildman–Crippen MR) is 159 cm³/mol. The average molecular weight is 539 g/mol. The van der Waals surface area contributed by atoms with Crippen LogP contribution in [0, 0.1) is 0 Å². The van der Waals surface area contributed by atoms with Crippen molar-refractivity contribution in [3.05, 3.63) is 89.5 Å². The predicted octanol–water partition coefficient (Wildman–Crippen LogP) is 3.19. The monoisotopic (exact) mass is 538 g/mol. The molecule has 0 radical (unpaired) electrons. The normalized spacial score (nSPS) is 16.6. The second-order valence-electron chi connectivity index (χ2n) is 10.1. The van der Waals surface area contributed by atoms with Crippen molar-refractivity contribution >= 4 is 46.1 Å². The van der Waals surface area contributed by atoms with E-state index in [0.717, 1.165) is 43.1 Å². The maximum atomic E-state index is 13.2. The van der Waals surface area contributed by atoms with Gasteiger partial charge in [-0.2, -0.15) is 0 Å². The first kappa shape index (κ1) is 27.1. The molecule has 0 bridgehead atoms. The Morgan fingerprint density at radius 2 is 1.62 bits per heavy atom. The van der Waals surface area contributed by atoms with Gasteiger partial charge in [0.05, 0.1) is 17.8 Å². The Morgan fingerprint density at radius 3 is 2.30 bits per heavy atom. The first-order chi connectivity index (χ1) is 19.3. The molecular formula is C31H34N6O3. The number of carbonyl (C=O) groups is 3. The van der Waals surface area contributed by atoms with Crippen LogP contribution in [0.2, 0.25) is 0 Å². The topological polar surface area (TPSA) is 97.0 Å². The summed E-state index contributed by atoms with van der Waals surface area (Å²) in [6.45, 7) is 4.09. The molecule has 0 aromatic heterocycles. The molecule has 3 amide bonds. The van der Waals surface area contributed by atoms with Crippen molar-refractivity contribution in [3.63, 3.8) is 0 Å². The van der Waals surface area contributed by atoms with Crippen molar-refractivity contribution in [1.82, 2.24) is 15.1 Å². The number of piperazine rings is 1. The number of nitrogens with one attached hydrogen (secondary N) is 3. The standard InChI is InChI=1S/C31H34N6O3/c1-32-30(39)22-9-14-26-25(19-22)28(31(40)34-26)29(21-7-5-4-6-8-21)33-23-10-12-24(13-11-23)36(3)27(38)20-37-17-15-35(2)16-18-37/h4-14,19,33H,15-18,20H2,1-3H3,(H,32,39)(H,34,40). The zero-order valence-corrected chi connectivity index (χ0v) is 23.0. The fraction of sp³-hybridized carbons (Fsp3) is 0.258. The van der Waals surface area contributed by atoms with Crippen molar-refractivity contribution in [3.8, 4) is 0 Å². The maximum absolute atomic E-state index is 13.2. The lowest BCUT2D eigenvalue weighted by Crippen LogP contribution is -2.48. The molecule has 3 aromatic carbocycles. The Bertz CT molecular complexity index is 1440. The fourth-order valence-corrected chi connectivity index (χ4v) is 4.94. The fourth-order valence-electron chi connectivity index (χ4n) is 4.94. The van der Waals surface area contributed by atoms with Crippen LogP contribution >= 0.6 is 0 Å². The first-order valence-corrected chi connectivity index (χ1v) is 13.4. The summed E-state index contributed by atoms with van der Waals surface area (Å²) < 4.78 is 0. The first-order valence-electron chi connectivity index (χ1n) is 13.4. The summed E-state index contributed by atoms with van der Waals surface area (Å²) >= 11 is 0. The lowest BCUT2D eigenvalue weighted by molar-refractivity contribution is -0.119. The second-order valence-corrected chi connectivity index (χ2v) is 10.1. The summed E-state index contributed by atoms with van der Waals surface area (Å²) in [6.07, 6.45) is 0. The highest BCUT2D eigenvalue weighted by atomic mass is 16.2. The van der Waals surface area contributed by atoms with Crippen molar-refractivity contribution in [2.75, 3.05) is 69.4 Å². The number of nitrogens with zero attached hydrogens (tertiary/aromatic N) is 3. The highest BCUT2D eigenvalue weighted by Crippen LogP contribution is 2.38. The Kier molecular flexibility index (Phi) is 7.95. The summed E-state index contributed by atoms with van der Waals surface area (Å²) in [7, 11) is 5.47. The van der Waals surface area contributed by atoms with Gasteiger partial charge in [0.1, 0.15) is 0 Å². The van der Waals surface area contributed by atoms with E-state index in [4.69, 9.17) is 0 Å². The van der Waals surface area contributed by atoms with E-state index in [9.17, 15) is 14.4 Å². The highest BCUT2D eigenvalue weighted by Gasteiger charge is 2.29. The molecule has 2 aliphatic heterocycles. The Balaban J connectivity index is 1.42. The lowest BCUT2D eigenvalue weighted by atomic mass is 9.98. The zero-order chi connectivity index (χ0) is 28.2. The molecule has 0 spiro atoms. The molecule has 9 nitrogen and oxygen atoms in total. The van der Waals surface area contributed by atoms with Crippen LogP contribution in [0.3, 0.4) is 0 Å². The van der Waals surface area contributed by atoms with E-state index in [2.05, 4.69) is 32.8 Å². The molecule has 206 valence electrons.